The topological polar surface area (TPSA) is 73.1 Å². The van der Waals surface area contributed by atoms with Gasteiger partial charge in [-0.25, -0.2) is 4.79 Å². The van der Waals surface area contributed by atoms with Gasteiger partial charge < -0.3 is 5.32 Å². The molecular formula is C20H23N3O3. The van der Waals surface area contributed by atoms with E-state index in [0.717, 1.165) is 27.7 Å². The molecule has 1 aromatic heterocycles. The third kappa shape index (κ3) is 2.71. The van der Waals surface area contributed by atoms with Gasteiger partial charge in [0.25, 0.3) is 5.56 Å². The number of rotatable bonds is 3. The van der Waals surface area contributed by atoms with E-state index in [1.807, 2.05) is 33.8 Å². The molecule has 6 nitrogen and oxygen atoms in total. The van der Waals surface area contributed by atoms with E-state index in [0.29, 0.717) is 18.1 Å². The molecule has 1 N–H and O–H groups in total. The second kappa shape index (κ2) is 6.44. The Hall–Kier alpha value is -2.89. The third-order valence-electron chi connectivity index (χ3n) is 4.90. The predicted molar refractivity (Wildman–Crippen MR) is 103 cm³/mol. The first kappa shape index (κ1) is 17.9. The zero-order valence-corrected chi connectivity index (χ0v) is 15.8. The van der Waals surface area contributed by atoms with Gasteiger partial charge in [-0.2, -0.15) is 0 Å². The summed E-state index contributed by atoms with van der Waals surface area (Å²) in [6, 6.07) is 4.09. The van der Waals surface area contributed by atoms with E-state index in [4.69, 9.17) is 0 Å². The Balaban J connectivity index is 2.18. The lowest BCUT2D eigenvalue weighted by Crippen LogP contribution is -2.40. The van der Waals surface area contributed by atoms with Crippen LogP contribution in [0.2, 0.25) is 0 Å². The zero-order chi connectivity index (χ0) is 19.2. The molecule has 1 aliphatic heterocycles. The van der Waals surface area contributed by atoms with Crippen LogP contribution < -0.4 is 16.6 Å². The Bertz CT molecular complexity index is 1070. The molecule has 0 aliphatic carbocycles. The lowest BCUT2D eigenvalue weighted by atomic mass is 9.99. The summed E-state index contributed by atoms with van der Waals surface area (Å²) in [5.74, 6) is -0.0687. The van der Waals surface area contributed by atoms with E-state index >= 15 is 0 Å². The molecule has 0 spiro atoms. The SMILES string of the molecule is CCCn1c2c(c(=O)n(C)c1=O)C(=O)/C(=C/c1cc(C)c(C)cc1C)N2. The van der Waals surface area contributed by atoms with Crippen LogP contribution in [0.5, 0.6) is 0 Å². The molecule has 26 heavy (non-hydrogen) atoms. The molecule has 0 bridgehead atoms. The monoisotopic (exact) mass is 353 g/mol. The maximum absolute atomic E-state index is 12.8. The van der Waals surface area contributed by atoms with Gasteiger partial charge in [-0.3, -0.25) is 18.7 Å². The highest BCUT2D eigenvalue weighted by atomic mass is 16.2. The van der Waals surface area contributed by atoms with E-state index in [1.165, 1.54) is 17.2 Å². The molecule has 3 rings (SSSR count). The maximum Gasteiger partial charge on any atom is 0.332 e. The van der Waals surface area contributed by atoms with Gasteiger partial charge in [0.1, 0.15) is 11.4 Å². The van der Waals surface area contributed by atoms with Crippen molar-refractivity contribution in [3.63, 3.8) is 0 Å². The van der Waals surface area contributed by atoms with Gasteiger partial charge in [-0.15, -0.1) is 0 Å². The van der Waals surface area contributed by atoms with E-state index < -0.39 is 11.2 Å². The fraction of sp³-hybridized carbons (Fsp3) is 0.350. The summed E-state index contributed by atoms with van der Waals surface area (Å²) in [5.41, 5.74) is 3.65. The largest absolute Gasteiger partial charge is 0.338 e. The first-order valence-electron chi connectivity index (χ1n) is 8.71. The van der Waals surface area contributed by atoms with Crippen LogP contribution in [0.3, 0.4) is 0 Å². The third-order valence-corrected chi connectivity index (χ3v) is 4.90. The van der Waals surface area contributed by atoms with Crippen molar-refractivity contribution in [1.82, 2.24) is 9.13 Å². The summed E-state index contributed by atoms with van der Waals surface area (Å²) >= 11 is 0. The number of aryl methyl sites for hydroxylation is 3. The van der Waals surface area contributed by atoms with Crippen LogP contribution in [0.15, 0.2) is 27.4 Å². The Kier molecular flexibility index (Phi) is 4.44. The summed E-state index contributed by atoms with van der Waals surface area (Å²) in [5, 5.41) is 3.02. The number of allylic oxidation sites excluding steroid dienone is 1. The van der Waals surface area contributed by atoms with Gasteiger partial charge in [-0.1, -0.05) is 19.1 Å². The standard InChI is InChI=1S/C20H23N3O3/c1-6-7-23-18-16(19(25)22(5)20(23)26)17(24)15(21-18)10-14-9-12(3)11(2)8-13(14)4/h8-10,21H,6-7H2,1-5H3/b15-10-. The van der Waals surface area contributed by atoms with Crippen LogP contribution in [-0.2, 0) is 13.6 Å². The van der Waals surface area contributed by atoms with Crippen molar-refractivity contribution in [1.29, 1.82) is 0 Å². The number of hydrogen-bond acceptors (Lipinski definition) is 4. The van der Waals surface area contributed by atoms with Gasteiger partial charge in [0.2, 0.25) is 5.78 Å². The first-order chi connectivity index (χ1) is 12.3. The Morgan fingerprint density at radius 2 is 1.69 bits per heavy atom. The second-order valence-corrected chi connectivity index (χ2v) is 6.83. The molecule has 1 aliphatic rings. The van der Waals surface area contributed by atoms with E-state index in [-0.39, 0.29) is 11.3 Å². The van der Waals surface area contributed by atoms with Crippen LogP contribution in [0, 0.1) is 20.8 Å². The molecule has 0 fully saturated rings. The predicted octanol–water partition coefficient (Wildman–Crippen LogP) is 2.53. The number of anilines is 1. The highest BCUT2D eigenvalue weighted by molar-refractivity contribution is 6.19. The van der Waals surface area contributed by atoms with Gasteiger partial charge in [-0.05, 0) is 55.5 Å². The fourth-order valence-electron chi connectivity index (χ4n) is 3.25. The van der Waals surface area contributed by atoms with Crippen molar-refractivity contribution in [3.8, 4) is 0 Å². The van der Waals surface area contributed by atoms with Gasteiger partial charge >= 0.3 is 5.69 Å². The summed E-state index contributed by atoms with van der Waals surface area (Å²) in [6.07, 6.45) is 2.47. The molecule has 2 heterocycles. The molecule has 136 valence electrons. The lowest BCUT2D eigenvalue weighted by Gasteiger charge is -2.11. The number of nitrogens with one attached hydrogen (secondary N) is 1. The number of carbonyl (C=O) groups is 1. The van der Waals surface area contributed by atoms with E-state index in [1.54, 1.807) is 6.08 Å². The molecule has 0 saturated carbocycles. The van der Waals surface area contributed by atoms with E-state index in [2.05, 4.69) is 11.4 Å². The highest BCUT2D eigenvalue weighted by Gasteiger charge is 2.32. The van der Waals surface area contributed by atoms with Crippen molar-refractivity contribution in [2.75, 3.05) is 5.32 Å². The van der Waals surface area contributed by atoms with Gasteiger partial charge in [0, 0.05) is 13.6 Å². The Morgan fingerprint density at radius 1 is 1.04 bits per heavy atom. The van der Waals surface area contributed by atoms with Crippen molar-refractivity contribution in [3.05, 3.63) is 66.5 Å². The van der Waals surface area contributed by atoms with Crippen molar-refractivity contribution >= 4 is 17.7 Å². The van der Waals surface area contributed by atoms with E-state index in [9.17, 15) is 14.4 Å². The number of hydrogen-bond donors (Lipinski definition) is 1. The highest BCUT2D eigenvalue weighted by Crippen LogP contribution is 2.27. The number of nitrogens with zero attached hydrogens (tertiary/aromatic N) is 2. The molecular weight excluding hydrogens is 330 g/mol. The van der Waals surface area contributed by atoms with Gasteiger partial charge in [0.05, 0.1) is 5.70 Å². The minimum absolute atomic E-state index is 0.0355. The summed E-state index contributed by atoms with van der Waals surface area (Å²) in [6.45, 7) is 8.42. The summed E-state index contributed by atoms with van der Waals surface area (Å²) < 4.78 is 2.46. The Morgan fingerprint density at radius 3 is 2.35 bits per heavy atom. The van der Waals surface area contributed by atoms with Crippen LogP contribution in [0.1, 0.15) is 46.0 Å². The lowest BCUT2D eigenvalue weighted by molar-refractivity contribution is 0.104. The average Bonchev–Trinajstić information content (AvgIpc) is 2.91. The number of fused-ring (bicyclic) bond motifs is 1. The van der Waals surface area contributed by atoms with Crippen LogP contribution in [0.25, 0.3) is 6.08 Å². The quantitative estimate of drug-likeness (QED) is 0.861. The van der Waals surface area contributed by atoms with Crippen LogP contribution in [0.4, 0.5) is 5.82 Å². The minimum Gasteiger partial charge on any atom is -0.338 e. The molecule has 0 unspecified atom stereocenters. The molecule has 0 amide bonds. The summed E-state index contributed by atoms with van der Waals surface area (Å²) in [7, 11) is 1.40. The molecule has 0 radical (unpaired) electrons. The Labute approximate surface area is 151 Å². The molecule has 1 aromatic carbocycles. The van der Waals surface area contributed by atoms with Crippen LogP contribution in [-0.4, -0.2) is 14.9 Å². The number of benzene rings is 1. The fourth-order valence-corrected chi connectivity index (χ4v) is 3.25. The number of Topliss-reactive ketones (excluding diaryl/α,β-unsaturated/α-hetero) is 1. The zero-order valence-electron chi connectivity index (χ0n) is 15.8. The number of carbonyl (C=O) groups excluding carboxylic acids is 1. The van der Waals surface area contributed by atoms with Crippen molar-refractivity contribution < 1.29 is 4.79 Å². The molecule has 0 saturated heterocycles. The molecule has 2 aromatic rings. The molecule has 0 atom stereocenters. The van der Waals surface area contributed by atoms with Crippen molar-refractivity contribution in [2.45, 2.75) is 40.7 Å². The second-order valence-electron chi connectivity index (χ2n) is 6.83. The maximum atomic E-state index is 12.8. The van der Waals surface area contributed by atoms with Gasteiger partial charge in [0.15, 0.2) is 0 Å². The first-order valence-corrected chi connectivity index (χ1v) is 8.71. The smallest absolute Gasteiger partial charge is 0.332 e. The average molecular weight is 353 g/mol. The normalized spacial score (nSPS) is 14.7. The summed E-state index contributed by atoms with van der Waals surface area (Å²) in [4.78, 5) is 37.7. The number of aromatic nitrogens is 2. The minimum atomic E-state index is -0.560. The van der Waals surface area contributed by atoms with Crippen molar-refractivity contribution in [2.24, 2.45) is 7.05 Å². The molecule has 6 heteroatoms. The van der Waals surface area contributed by atoms with Crippen LogP contribution >= 0.6 is 0 Å². The number of ketones is 1.